The molecule has 140 heavy (non-hydrogen) atoms. The lowest BCUT2D eigenvalue weighted by molar-refractivity contribution is -0.397. The molecule has 21 N–H and O–H groups in total. The molecule has 0 unspecified atom stereocenters. The zero-order valence-corrected chi connectivity index (χ0v) is 80.1. The van der Waals surface area contributed by atoms with Crippen LogP contribution in [0.15, 0.2) is 0 Å². The highest BCUT2D eigenvalue weighted by Crippen LogP contribution is 2.41. The largest absolute Gasteiger partial charge is 0.397 e. The summed E-state index contributed by atoms with van der Waals surface area (Å²) in [6.45, 7) is -12.4. The van der Waals surface area contributed by atoms with Crippen LogP contribution < -0.4 is 0 Å². The van der Waals surface area contributed by atoms with E-state index >= 15 is 0 Å². The molecule has 0 saturated carbocycles. The predicted octanol–water partition coefficient (Wildman–Crippen LogP) is -10.9. The minimum Gasteiger partial charge on any atom is -0.387 e. The topological polar surface area (TPSA) is 922 Å². The number of hydrogen-bond acceptors (Lipinski definition) is 56. The molecule has 21 fully saturated rings. The Morgan fingerprint density at radius 1 is 0.150 bits per heavy atom. The molecule has 0 aromatic rings. The fourth-order valence-electron chi connectivity index (χ4n) is 15.0. The number of rotatable bonds is 56. The van der Waals surface area contributed by atoms with Crippen LogP contribution in [0.2, 0.25) is 0 Å². The second-order valence-electron chi connectivity index (χ2n) is 32.6. The number of aliphatic hydroxyl groups is 14. The molecule has 21 heterocycles. The Morgan fingerprint density at radius 2 is 0.250 bits per heavy atom. The van der Waals surface area contributed by atoms with Gasteiger partial charge in [-0.15, -0.1) is 0 Å². The van der Waals surface area contributed by atoms with Crippen LogP contribution >= 0.6 is 0 Å². The number of unbranched alkanes of at least 4 members (excludes halogenated alkanes) is 7. The minimum atomic E-state index is -4.94. The van der Waals surface area contributed by atoms with E-state index < -0.39 is 380 Å². The first-order valence-corrected chi connectivity index (χ1v) is 53.3. The monoisotopic (exact) mass is 2200 g/mol. The van der Waals surface area contributed by atoms with Crippen molar-refractivity contribution in [2.45, 2.75) is 305 Å². The van der Waals surface area contributed by atoms with Crippen LogP contribution in [-0.2, 0) is 202 Å². The number of ether oxygens (including phenoxy) is 21. The summed E-state index contributed by atoms with van der Waals surface area (Å²) < 4.78 is 382. The SMILES string of the molecule is O=S(=O)(O)OCCCCOC[C@H]1O[C@@H]2O[C@H]3[C@H](O)[C@@H](O)[C@@H](O[C@H]4[C@H](O)[C@@H](O)[C@@H](O[C@H]5[C@H](O)[C@@H](O)[C@@H](O[C@H]6[C@H](O)[C@@H](O)[C@@H](O[C@H]7[C@H](O)[C@@H](O)[C@@H](O[C@H]8[C@H](O)[C@@H](O)[C@@H](O[C@H]1[C@H](O)[C@H]2O)O[C@@H]8COCCCCOS(=O)(=O)O)O[C@@H]7COCCCCOS(=O)(=O)O)O[C@@H]6COCCCCOS(=O)(=O)O)O[C@@H]5COCCCCOS(=O)(=O)O)O[C@@H]4COCCCCOS(=O)(=O)O)O[C@@H]3COCCCCOS(=O)(=O)O. The average Bonchev–Trinajstić information content (AvgIpc) is 0.792. The molecule has 21 rings (SSSR count). The maximum atomic E-state index is 12.4. The van der Waals surface area contributed by atoms with E-state index in [1.54, 1.807) is 0 Å². The van der Waals surface area contributed by atoms with E-state index in [1.807, 2.05) is 0 Å². The molecule has 0 aromatic carbocycles. The molecule has 21 aliphatic rings. The van der Waals surface area contributed by atoms with Gasteiger partial charge < -0.3 is 171 Å². The van der Waals surface area contributed by atoms with E-state index in [9.17, 15) is 130 Å². The summed E-state index contributed by atoms with van der Waals surface area (Å²) in [6.07, 6.45) is -79.7. The van der Waals surface area contributed by atoms with Crippen molar-refractivity contribution in [1.82, 2.24) is 0 Å². The molecule has 35 atom stereocenters. The van der Waals surface area contributed by atoms with E-state index in [-0.39, 0.29) is 136 Å². The van der Waals surface area contributed by atoms with Crippen LogP contribution in [0.5, 0.6) is 0 Å². The second kappa shape index (κ2) is 58.3. The predicted molar refractivity (Wildman–Crippen MR) is 442 cm³/mol. The Morgan fingerprint density at radius 3 is 0.350 bits per heavy atom. The maximum absolute atomic E-state index is 12.4. The summed E-state index contributed by atoms with van der Waals surface area (Å²) in [5.74, 6) is 0. The summed E-state index contributed by atoms with van der Waals surface area (Å²) in [4.78, 5) is 0. The Balaban J connectivity index is 1.23. The molecule has 14 bridgehead atoms. The van der Waals surface area contributed by atoms with Crippen molar-refractivity contribution in [3.63, 3.8) is 0 Å². The zero-order valence-electron chi connectivity index (χ0n) is 74.4. The van der Waals surface area contributed by atoms with Crippen LogP contribution in [0.1, 0.15) is 89.9 Å². The highest BCUT2D eigenvalue weighted by molar-refractivity contribution is 7.82. The van der Waals surface area contributed by atoms with Gasteiger partial charge in [0.05, 0.1) is 92.5 Å². The van der Waals surface area contributed by atoms with E-state index in [4.69, 9.17) is 131 Å². The third-order valence-corrected chi connectivity index (χ3v) is 25.2. The summed E-state index contributed by atoms with van der Waals surface area (Å²) >= 11 is 0. The molecule has 0 amide bonds. The fourth-order valence-corrected chi connectivity index (χ4v) is 17.3. The van der Waals surface area contributed by atoms with Gasteiger partial charge in [0.25, 0.3) is 0 Å². The van der Waals surface area contributed by atoms with Crippen molar-refractivity contribution in [1.29, 1.82) is 0 Å². The molecular weight excluding hydrogens is 2070 g/mol. The van der Waals surface area contributed by atoms with E-state index in [0.717, 1.165) is 0 Å². The molecule has 21 saturated heterocycles. The summed E-state index contributed by atoms with van der Waals surface area (Å²) in [5, 5.41) is 172. The van der Waals surface area contributed by atoms with Gasteiger partial charge >= 0.3 is 72.8 Å². The summed E-state index contributed by atoms with van der Waals surface area (Å²) in [6, 6.07) is 0. The lowest BCUT2D eigenvalue weighted by atomic mass is 9.95. The quantitative estimate of drug-likeness (QED) is 0.0199. The van der Waals surface area contributed by atoms with Crippen LogP contribution in [0.25, 0.3) is 0 Å². The van der Waals surface area contributed by atoms with Crippen molar-refractivity contribution in [2.75, 3.05) is 139 Å². The van der Waals surface area contributed by atoms with Gasteiger partial charge in [0.15, 0.2) is 44.0 Å². The van der Waals surface area contributed by atoms with Crippen LogP contribution in [0.3, 0.4) is 0 Å². The van der Waals surface area contributed by atoms with Crippen LogP contribution in [0.4, 0.5) is 0 Å². The van der Waals surface area contributed by atoms with Gasteiger partial charge in [-0.3, -0.25) is 31.9 Å². The lowest BCUT2D eigenvalue weighted by Crippen LogP contribution is -2.68. The molecule has 0 radical (unpaired) electrons. The van der Waals surface area contributed by atoms with Crippen molar-refractivity contribution >= 4 is 72.8 Å². The molecule has 0 spiro atoms. The normalized spacial score (nSPS) is 36.6. The van der Waals surface area contributed by atoms with Gasteiger partial charge in [0.1, 0.15) is 171 Å². The van der Waals surface area contributed by atoms with Crippen molar-refractivity contribution in [3.05, 3.63) is 0 Å². The van der Waals surface area contributed by atoms with Gasteiger partial charge in [0, 0.05) is 46.2 Å². The second-order valence-corrected chi connectivity index (χ2v) is 40.2. The first kappa shape index (κ1) is 123. The standard InChI is InChI=1S/C70H126O63S7/c71-43-50(78)64-120-36(29-106-15-1-8-22-113-134(85,86)87)57(43)127-65-51(79)44(72)59(38(121-65)31-108-17-3-10-24-115-136(91,92)93)129-67-53(81)46(74)61(40(123-67)33-110-19-5-12-26-117-138(97,98)99)131-69-55(83)48(76)63(42(125-69)35-112-21-7-14-28-119-140(103,104)105)133-70-56(84)49(77)62(41(126-70)34-111-20-6-13-27-118-139(100,101)102)132-68-54(82)47(75)60(39(124-68)32-109-18-4-11-25-116-137(94,95)96)130-66-52(80)45(73)58(128-64)37(122-66)30-107-16-2-9-23-114-135(88,89)90/h36-84H,1-35H2,(H,85,86,87)(H,88,89,90)(H,91,92,93)(H,94,95,96)(H,97,98,99)(H,100,101,102)(H,103,104,105)/t36-,37-,38-,39-,40-,41-,42-,43-,44-,45-,46-,47-,48-,49-,50-,51-,52-,53-,54-,55-,56-,57-,58-,59-,60-,61-,62-,63-,64-,65-,66-,67-,68-,69-,70-/m1/s1. The highest BCUT2D eigenvalue weighted by atomic mass is 32.3. The minimum absolute atomic E-state index is 0.0795. The van der Waals surface area contributed by atoms with Gasteiger partial charge in [0.2, 0.25) is 0 Å². The van der Waals surface area contributed by atoms with Crippen molar-refractivity contribution < 1.29 is 291 Å². The molecule has 70 heteroatoms. The average molecular weight is 2200 g/mol. The highest BCUT2D eigenvalue weighted by Gasteiger charge is 2.61. The summed E-state index contributed by atoms with van der Waals surface area (Å²) in [7, 11) is -34.6. The first-order chi connectivity index (χ1) is 65.7. The van der Waals surface area contributed by atoms with E-state index in [2.05, 4.69) is 29.3 Å². The van der Waals surface area contributed by atoms with Gasteiger partial charge in [-0.2, -0.15) is 58.9 Å². The molecule has 63 nitrogen and oxygen atoms in total. The molecule has 826 valence electrons. The van der Waals surface area contributed by atoms with Crippen LogP contribution in [-0.4, -0.2) is 516 Å². The molecule has 0 aliphatic carbocycles. The number of aliphatic hydroxyl groups excluding tert-OH is 14. The Labute approximate surface area is 803 Å². The summed E-state index contributed by atoms with van der Waals surface area (Å²) in [5.41, 5.74) is 0. The maximum Gasteiger partial charge on any atom is 0.397 e. The Hall–Kier alpha value is -2.31. The third-order valence-electron chi connectivity index (χ3n) is 21.9. The van der Waals surface area contributed by atoms with Crippen LogP contribution in [0, 0.1) is 0 Å². The first-order valence-electron chi connectivity index (χ1n) is 43.7. The van der Waals surface area contributed by atoms with Crippen molar-refractivity contribution in [2.24, 2.45) is 0 Å². The Bertz CT molecular complexity index is 3640. The van der Waals surface area contributed by atoms with E-state index in [0.29, 0.717) is 0 Å². The zero-order chi connectivity index (χ0) is 103. The fraction of sp³-hybridized carbons (Fsp3) is 1.00. The van der Waals surface area contributed by atoms with Crippen molar-refractivity contribution in [3.8, 4) is 0 Å². The number of hydrogen-bond donors (Lipinski definition) is 21. The third kappa shape index (κ3) is 41.8. The Kier molecular flexibility index (Phi) is 51.2. The van der Waals surface area contributed by atoms with Gasteiger partial charge in [-0.1, -0.05) is 0 Å². The smallest absolute Gasteiger partial charge is 0.387 e. The van der Waals surface area contributed by atoms with Gasteiger partial charge in [-0.25, -0.2) is 29.3 Å². The van der Waals surface area contributed by atoms with Gasteiger partial charge in [-0.05, 0) is 89.9 Å². The van der Waals surface area contributed by atoms with E-state index in [1.165, 1.54) is 0 Å². The molecule has 21 aliphatic heterocycles. The molecular formula is C70H126O63S7. The lowest BCUT2D eigenvalue weighted by Gasteiger charge is -2.50. The molecule has 0 aromatic heterocycles.